The van der Waals surface area contributed by atoms with E-state index in [1.807, 2.05) is 29.8 Å². The number of hydrogen-bond acceptors (Lipinski definition) is 3. The zero-order valence-electron chi connectivity index (χ0n) is 8.11. The first-order valence-corrected chi connectivity index (χ1v) is 5.95. The molecule has 0 aliphatic heterocycles. The Morgan fingerprint density at radius 2 is 2.00 bits per heavy atom. The van der Waals surface area contributed by atoms with E-state index in [9.17, 15) is 0 Å². The Morgan fingerprint density at radius 3 is 2.67 bits per heavy atom. The molecular formula is C11H11ClN2S. The zero-order chi connectivity index (χ0) is 10.7. The largest absolute Gasteiger partial charge is 0.330 e. The van der Waals surface area contributed by atoms with Crippen molar-refractivity contribution in [2.45, 2.75) is 6.42 Å². The predicted octanol–water partition coefficient (Wildman–Crippen LogP) is 2.96. The topological polar surface area (TPSA) is 38.9 Å². The van der Waals surface area contributed by atoms with Crippen molar-refractivity contribution in [3.8, 4) is 10.4 Å². The maximum Gasteiger partial charge on any atom is 0.0801 e. The van der Waals surface area contributed by atoms with Crippen molar-refractivity contribution in [1.29, 1.82) is 0 Å². The van der Waals surface area contributed by atoms with Crippen LogP contribution in [0.1, 0.15) is 5.69 Å². The van der Waals surface area contributed by atoms with Crippen LogP contribution < -0.4 is 5.73 Å². The highest BCUT2D eigenvalue weighted by molar-refractivity contribution is 7.13. The number of halogens is 1. The molecule has 2 aromatic rings. The second-order valence-electron chi connectivity index (χ2n) is 3.17. The zero-order valence-corrected chi connectivity index (χ0v) is 9.68. The first kappa shape index (κ1) is 10.6. The molecule has 1 aromatic carbocycles. The fraction of sp³-hybridized carbons (Fsp3) is 0.182. The van der Waals surface area contributed by atoms with Crippen molar-refractivity contribution >= 4 is 22.9 Å². The van der Waals surface area contributed by atoms with Gasteiger partial charge < -0.3 is 5.73 Å². The van der Waals surface area contributed by atoms with E-state index < -0.39 is 0 Å². The van der Waals surface area contributed by atoms with Gasteiger partial charge in [-0.3, -0.25) is 0 Å². The van der Waals surface area contributed by atoms with Gasteiger partial charge in [0.1, 0.15) is 0 Å². The van der Waals surface area contributed by atoms with Crippen LogP contribution in [-0.4, -0.2) is 11.5 Å². The number of benzene rings is 1. The third-order valence-electron chi connectivity index (χ3n) is 2.13. The van der Waals surface area contributed by atoms with Gasteiger partial charge in [0.25, 0.3) is 0 Å². The second-order valence-corrected chi connectivity index (χ2v) is 4.46. The van der Waals surface area contributed by atoms with Crippen molar-refractivity contribution in [3.63, 3.8) is 0 Å². The molecule has 4 heteroatoms. The van der Waals surface area contributed by atoms with Crippen LogP contribution in [-0.2, 0) is 6.42 Å². The molecule has 0 radical (unpaired) electrons. The Kier molecular flexibility index (Phi) is 3.36. The average Bonchev–Trinajstić information content (AvgIpc) is 2.68. The van der Waals surface area contributed by atoms with Crippen LogP contribution in [0.15, 0.2) is 29.8 Å². The van der Waals surface area contributed by atoms with E-state index >= 15 is 0 Å². The summed E-state index contributed by atoms with van der Waals surface area (Å²) in [5.41, 5.74) is 9.62. The van der Waals surface area contributed by atoms with Gasteiger partial charge in [0.05, 0.1) is 16.1 Å². The number of hydrogen-bond donors (Lipinski definition) is 1. The summed E-state index contributed by atoms with van der Waals surface area (Å²) in [6.07, 6.45) is 0.821. The summed E-state index contributed by atoms with van der Waals surface area (Å²) in [5.74, 6) is 0. The van der Waals surface area contributed by atoms with Crippen LogP contribution in [0, 0.1) is 0 Å². The molecule has 1 heterocycles. The van der Waals surface area contributed by atoms with E-state index in [4.69, 9.17) is 17.3 Å². The lowest BCUT2D eigenvalue weighted by molar-refractivity contribution is 0.937. The highest BCUT2D eigenvalue weighted by Gasteiger charge is 2.07. The van der Waals surface area contributed by atoms with Crippen LogP contribution in [0.3, 0.4) is 0 Å². The standard InChI is InChI=1S/C11H11ClN2S/c12-9-3-1-8(2-4-9)11-10(5-6-13)14-7-15-11/h1-4,7H,5-6,13H2. The van der Waals surface area contributed by atoms with Gasteiger partial charge in [-0.15, -0.1) is 11.3 Å². The third-order valence-corrected chi connectivity index (χ3v) is 3.30. The molecule has 78 valence electrons. The quantitative estimate of drug-likeness (QED) is 0.893. The first-order chi connectivity index (χ1) is 7.31. The summed E-state index contributed by atoms with van der Waals surface area (Å²) in [5, 5.41) is 0.753. The lowest BCUT2D eigenvalue weighted by Crippen LogP contribution is -2.03. The van der Waals surface area contributed by atoms with Crippen molar-refractivity contribution < 1.29 is 0 Å². The molecule has 0 bridgehead atoms. The van der Waals surface area contributed by atoms with Gasteiger partial charge >= 0.3 is 0 Å². The predicted molar refractivity (Wildman–Crippen MR) is 65.3 cm³/mol. The molecule has 15 heavy (non-hydrogen) atoms. The van der Waals surface area contributed by atoms with Crippen LogP contribution in [0.25, 0.3) is 10.4 Å². The fourth-order valence-corrected chi connectivity index (χ4v) is 2.39. The molecule has 0 spiro atoms. The number of rotatable bonds is 3. The molecule has 2 N–H and O–H groups in total. The minimum Gasteiger partial charge on any atom is -0.330 e. The smallest absolute Gasteiger partial charge is 0.0801 e. The van der Waals surface area contributed by atoms with Gasteiger partial charge in [-0.25, -0.2) is 4.98 Å². The summed E-state index contributed by atoms with van der Waals surface area (Å²) < 4.78 is 0. The molecule has 0 aliphatic carbocycles. The normalized spacial score (nSPS) is 10.5. The van der Waals surface area contributed by atoms with Gasteiger partial charge in [0.15, 0.2) is 0 Å². The Bertz CT molecular complexity index is 436. The monoisotopic (exact) mass is 238 g/mol. The molecule has 0 aliphatic rings. The van der Waals surface area contributed by atoms with E-state index in [1.54, 1.807) is 11.3 Å². The maximum atomic E-state index is 5.84. The summed E-state index contributed by atoms with van der Waals surface area (Å²) in [7, 11) is 0. The summed E-state index contributed by atoms with van der Waals surface area (Å²) in [6.45, 7) is 0.629. The van der Waals surface area contributed by atoms with Crippen molar-refractivity contribution in [2.75, 3.05) is 6.54 Å². The number of aromatic nitrogens is 1. The Balaban J connectivity index is 2.36. The van der Waals surface area contributed by atoms with E-state index in [-0.39, 0.29) is 0 Å². The molecule has 0 unspecified atom stereocenters. The van der Waals surface area contributed by atoms with Gasteiger partial charge in [0.2, 0.25) is 0 Å². The molecule has 2 nitrogen and oxygen atoms in total. The highest BCUT2D eigenvalue weighted by atomic mass is 35.5. The van der Waals surface area contributed by atoms with E-state index in [0.29, 0.717) is 6.54 Å². The van der Waals surface area contributed by atoms with Crippen molar-refractivity contribution in [3.05, 3.63) is 40.5 Å². The van der Waals surface area contributed by atoms with Crippen molar-refractivity contribution in [1.82, 2.24) is 4.98 Å². The molecule has 0 amide bonds. The second kappa shape index (κ2) is 4.75. The average molecular weight is 239 g/mol. The number of nitrogens with two attached hydrogens (primary N) is 1. The molecule has 0 saturated carbocycles. The lowest BCUT2D eigenvalue weighted by Gasteiger charge is -2.01. The van der Waals surface area contributed by atoms with E-state index in [1.165, 1.54) is 4.88 Å². The van der Waals surface area contributed by atoms with Gasteiger partial charge in [-0.05, 0) is 24.2 Å². The number of nitrogens with zero attached hydrogens (tertiary/aromatic N) is 1. The van der Waals surface area contributed by atoms with E-state index in [0.717, 1.165) is 22.7 Å². The number of thiazole rings is 1. The van der Waals surface area contributed by atoms with Crippen molar-refractivity contribution in [2.24, 2.45) is 5.73 Å². The SMILES string of the molecule is NCCc1ncsc1-c1ccc(Cl)cc1. The minimum absolute atomic E-state index is 0.629. The molecule has 0 atom stereocenters. The Labute approximate surface area is 97.7 Å². The van der Waals surface area contributed by atoms with Crippen LogP contribution in [0.2, 0.25) is 5.02 Å². The van der Waals surface area contributed by atoms with Gasteiger partial charge in [-0.2, -0.15) is 0 Å². The van der Waals surface area contributed by atoms with Crippen LogP contribution >= 0.6 is 22.9 Å². The molecule has 1 aromatic heterocycles. The summed E-state index contributed by atoms with van der Waals surface area (Å²) in [4.78, 5) is 5.50. The van der Waals surface area contributed by atoms with E-state index in [2.05, 4.69) is 4.98 Å². The summed E-state index contributed by atoms with van der Waals surface area (Å²) >= 11 is 7.48. The van der Waals surface area contributed by atoms with Crippen LogP contribution in [0.5, 0.6) is 0 Å². The first-order valence-electron chi connectivity index (χ1n) is 4.69. The van der Waals surface area contributed by atoms with Gasteiger partial charge in [-0.1, -0.05) is 23.7 Å². The third kappa shape index (κ3) is 2.37. The Hall–Kier alpha value is -0.900. The summed E-state index contributed by atoms with van der Waals surface area (Å²) in [6, 6.07) is 7.80. The van der Waals surface area contributed by atoms with Gasteiger partial charge in [0, 0.05) is 11.4 Å². The minimum atomic E-state index is 0.629. The molecule has 0 saturated heterocycles. The highest BCUT2D eigenvalue weighted by Crippen LogP contribution is 2.28. The molecule has 0 fully saturated rings. The Morgan fingerprint density at radius 1 is 1.27 bits per heavy atom. The maximum absolute atomic E-state index is 5.84. The van der Waals surface area contributed by atoms with Crippen LogP contribution in [0.4, 0.5) is 0 Å². The molecular weight excluding hydrogens is 228 g/mol. The fourth-order valence-electron chi connectivity index (χ4n) is 1.42. The molecule has 2 rings (SSSR count). The lowest BCUT2D eigenvalue weighted by atomic mass is 10.1.